The highest BCUT2D eigenvalue weighted by Crippen LogP contribution is 2.43. The van der Waals surface area contributed by atoms with Gasteiger partial charge in [0, 0.05) is 18.6 Å². The molecule has 3 aliphatic rings. The molecule has 0 amide bonds. The molecule has 2 aliphatic heterocycles. The van der Waals surface area contributed by atoms with E-state index < -0.39 is 5.60 Å². The number of hydrogen-bond donors (Lipinski definition) is 1. The van der Waals surface area contributed by atoms with Crippen LogP contribution < -0.4 is 9.47 Å². The summed E-state index contributed by atoms with van der Waals surface area (Å²) < 4.78 is 11.2. The van der Waals surface area contributed by atoms with E-state index in [0.29, 0.717) is 25.3 Å². The molecule has 0 radical (unpaired) electrons. The highest BCUT2D eigenvalue weighted by atomic mass is 16.6. The molecule has 0 bridgehead atoms. The van der Waals surface area contributed by atoms with E-state index in [4.69, 9.17) is 9.47 Å². The van der Waals surface area contributed by atoms with Crippen molar-refractivity contribution >= 4 is 0 Å². The summed E-state index contributed by atoms with van der Waals surface area (Å²) in [6.07, 6.45) is 3.35. The average Bonchev–Trinajstić information content (AvgIpc) is 3.24. The number of fused-ring (bicyclic) bond motifs is 1. The van der Waals surface area contributed by atoms with Gasteiger partial charge in [-0.15, -0.1) is 0 Å². The molecule has 4 nitrogen and oxygen atoms in total. The van der Waals surface area contributed by atoms with E-state index in [2.05, 4.69) is 11.8 Å². The van der Waals surface area contributed by atoms with Gasteiger partial charge in [-0.25, -0.2) is 0 Å². The lowest BCUT2D eigenvalue weighted by Gasteiger charge is -2.26. The lowest BCUT2D eigenvalue weighted by Crippen LogP contribution is -2.33. The molecule has 2 unspecified atom stereocenters. The summed E-state index contributed by atoms with van der Waals surface area (Å²) in [5.41, 5.74) is 0.203. The Morgan fingerprint density at radius 3 is 2.70 bits per heavy atom. The van der Waals surface area contributed by atoms with Gasteiger partial charge in [-0.05, 0) is 43.9 Å². The molecule has 0 spiro atoms. The van der Waals surface area contributed by atoms with Crippen LogP contribution in [-0.2, 0) is 5.60 Å². The number of benzene rings is 1. The van der Waals surface area contributed by atoms with Crippen molar-refractivity contribution in [1.29, 1.82) is 0 Å². The van der Waals surface area contributed by atoms with Gasteiger partial charge in [-0.1, -0.05) is 6.07 Å². The number of aliphatic hydroxyl groups is 1. The first-order valence-corrected chi connectivity index (χ1v) is 7.54. The lowest BCUT2D eigenvalue weighted by molar-refractivity contribution is 0.0445. The fraction of sp³-hybridized carbons (Fsp3) is 0.625. The zero-order chi connectivity index (χ0) is 13.7. The Bertz CT molecular complexity index is 528. The molecule has 4 rings (SSSR count). The number of β-amino-alcohol motifs (C(OH)–C–C–N with tert-alkyl or cyclic N) is 1. The lowest BCUT2D eigenvalue weighted by atomic mass is 9.91. The summed E-state index contributed by atoms with van der Waals surface area (Å²) in [4.78, 5) is 2.46. The Kier molecular flexibility index (Phi) is 2.72. The maximum Gasteiger partial charge on any atom is 0.161 e. The molecule has 2 atom stereocenters. The largest absolute Gasteiger partial charge is 0.486 e. The van der Waals surface area contributed by atoms with Gasteiger partial charge in [0.25, 0.3) is 0 Å². The summed E-state index contributed by atoms with van der Waals surface area (Å²) in [6, 6.07) is 7.00. The second-order valence-corrected chi connectivity index (χ2v) is 6.35. The number of likely N-dealkylation sites (tertiary alicyclic amines) is 1. The van der Waals surface area contributed by atoms with Crippen molar-refractivity contribution < 1.29 is 14.6 Å². The summed E-state index contributed by atoms with van der Waals surface area (Å²) >= 11 is 0. The Morgan fingerprint density at radius 2 is 1.95 bits per heavy atom. The van der Waals surface area contributed by atoms with Crippen LogP contribution in [0.4, 0.5) is 0 Å². The Labute approximate surface area is 119 Å². The van der Waals surface area contributed by atoms with Crippen molar-refractivity contribution in [3.05, 3.63) is 23.8 Å². The monoisotopic (exact) mass is 275 g/mol. The van der Waals surface area contributed by atoms with Gasteiger partial charge in [-0.2, -0.15) is 0 Å². The van der Waals surface area contributed by atoms with Gasteiger partial charge in [0.05, 0.1) is 0 Å². The summed E-state index contributed by atoms with van der Waals surface area (Å²) in [5.74, 6) is 1.55. The van der Waals surface area contributed by atoms with E-state index >= 15 is 0 Å². The first-order valence-electron chi connectivity index (χ1n) is 7.54. The number of nitrogens with zero attached hydrogens (tertiary/aromatic N) is 1. The molecule has 1 aromatic carbocycles. The van der Waals surface area contributed by atoms with E-state index in [0.717, 1.165) is 30.0 Å². The van der Waals surface area contributed by atoms with Gasteiger partial charge in [0.2, 0.25) is 0 Å². The third-order valence-electron chi connectivity index (χ3n) is 4.74. The van der Waals surface area contributed by atoms with Crippen molar-refractivity contribution in [3.8, 4) is 11.5 Å². The van der Waals surface area contributed by atoms with E-state index in [1.165, 1.54) is 12.8 Å². The maximum atomic E-state index is 11.0. The Morgan fingerprint density at radius 1 is 1.20 bits per heavy atom. The van der Waals surface area contributed by atoms with Crippen LogP contribution >= 0.6 is 0 Å². The third kappa shape index (κ3) is 1.98. The van der Waals surface area contributed by atoms with Gasteiger partial charge in [0.1, 0.15) is 18.8 Å². The summed E-state index contributed by atoms with van der Waals surface area (Å²) in [6.45, 7) is 4.13. The standard InChI is InChI=1S/C16H21NO3/c1-11-9-16(18,10-17(11)13-3-4-13)12-2-5-14-15(8-12)20-7-6-19-14/h2,5,8,11,13,18H,3-4,6-7,9-10H2,1H3. The maximum absolute atomic E-state index is 11.0. The molecule has 1 N–H and O–H groups in total. The van der Waals surface area contributed by atoms with Crippen LogP contribution in [0.2, 0.25) is 0 Å². The SMILES string of the molecule is CC1CC(O)(c2ccc3c(c2)OCCO3)CN1C1CC1. The molecular weight excluding hydrogens is 254 g/mol. The molecule has 108 valence electrons. The first kappa shape index (κ1) is 12.5. The molecule has 1 saturated carbocycles. The van der Waals surface area contributed by atoms with Crippen LogP contribution in [0.15, 0.2) is 18.2 Å². The summed E-state index contributed by atoms with van der Waals surface area (Å²) in [7, 11) is 0. The zero-order valence-electron chi connectivity index (χ0n) is 11.8. The van der Waals surface area contributed by atoms with Crippen molar-refractivity contribution in [1.82, 2.24) is 4.90 Å². The topological polar surface area (TPSA) is 41.9 Å². The number of rotatable bonds is 2. The van der Waals surface area contributed by atoms with Crippen molar-refractivity contribution in [3.63, 3.8) is 0 Å². The fourth-order valence-electron chi connectivity index (χ4n) is 3.57. The molecule has 2 heterocycles. The van der Waals surface area contributed by atoms with E-state index in [1.807, 2.05) is 18.2 Å². The van der Waals surface area contributed by atoms with Crippen LogP contribution in [-0.4, -0.2) is 41.8 Å². The highest BCUT2D eigenvalue weighted by molar-refractivity contribution is 5.45. The quantitative estimate of drug-likeness (QED) is 0.895. The molecule has 0 aromatic heterocycles. The molecule has 4 heteroatoms. The van der Waals surface area contributed by atoms with E-state index in [9.17, 15) is 5.11 Å². The summed E-state index contributed by atoms with van der Waals surface area (Å²) in [5, 5.41) is 11.0. The first-order chi connectivity index (χ1) is 9.66. The zero-order valence-corrected chi connectivity index (χ0v) is 11.8. The molecule has 1 aliphatic carbocycles. The average molecular weight is 275 g/mol. The van der Waals surface area contributed by atoms with Gasteiger partial charge in [-0.3, -0.25) is 4.90 Å². The van der Waals surface area contributed by atoms with Crippen LogP contribution in [0.25, 0.3) is 0 Å². The minimum Gasteiger partial charge on any atom is -0.486 e. The van der Waals surface area contributed by atoms with Crippen LogP contribution in [0.3, 0.4) is 0 Å². The Balaban J connectivity index is 1.63. The normalized spacial score (nSPS) is 33.4. The second-order valence-electron chi connectivity index (χ2n) is 6.35. The van der Waals surface area contributed by atoms with Crippen LogP contribution in [0, 0.1) is 0 Å². The molecule has 1 saturated heterocycles. The highest BCUT2D eigenvalue weighted by Gasteiger charge is 2.47. The minimum atomic E-state index is -0.752. The molecule has 2 fully saturated rings. The van der Waals surface area contributed by atoms with Crippen molar-refractivity contribution in [2.75, 3.05) is 19.8 Å². The van der Waals surface area contributed by atoms with Crippen LogP contribution in [0.5, 0.6) is 11.5 Å². The molecular formula is C16H21NO3. The van der Waals surface area contributed by atoms with Gasteiger partial charge in [0.15, 0.2) is 11.5 Å². The number of ether oxygens (including phenoxy) is 2. The van der Waals surface area contributed by atoms with E-state index in [-0.39, 0.29) is 0 Å². The predicted octanol–water partition coefficient (Wildman–Crippen LogP) is 1.90. The predicted molar refractivity (Wildman–Crippen MR) is 75.1 cm³/mol. The smallest absolute Gasteiger partial charge is 0.161 e. The Hall–Kier alpha value is -1.26. The molecule has 20 heavy (non-hydrogen) atoms. The van der Waals surface area contributed by atoms with E-state index in [1.54, 1.807) is 0 Å². The van der Waals surface area contributed by atoms with Crippen LogP contribution in [0.1, 0.15) is 31.7 Å². The third-order valence-corrected chi connectivity index (χ3v) is 4.74. The second kappa shape index (κ2) is 4.37. The van der Waals surface area contributed by atoms with Crippen molar-refractivity contribution in [2.45, 2.75) is 43.9 Å². The minimum absolute atomic E-state index is 0.445. The van der Waals surface area contributed by atoms with Gasteiger partial charge >= 0.3 is 0 Å². The fourth-order valence-corrected chi connectivity index (χ4v) is 3.57. The molecule has 1 aromatic rings. The van der Waals surface area contributed by atoms with Crippen molar-refractivity contribution in [2.24, 2.45) is 0 Å². The number of hydrogen-bond acceptors (Lipinski definition) is 4. The van der Waals surface area contributed by atoms with Gasteiger partial charge < -0.3 is 14.6 Å².